The fraction of sp³-hybridized carbons (Fsp3) is 0.562. The van der Waals surface area contributed by atoms with Crippen molar-refractivity contribution in [1.82, 2.24) is 4.90 Å². The van der Waals surface area contributed by atoms with Gasteiger partial charge in [-0.25, -0.2) is 0 Å². The third kappa shape index (κ3) is 2.81. The Morgan fingerprint density at radius 3 is 2.58 bits per heavy atom. The molecule has 0 aromatic heterocycles. The van der Waals surface area contributed by atoms with E-state index in [1.807, 2.05) is 23.1 Å². The molecule has 19 heavy (non-hydrogen) atoms. The van der Waals surface area contributed by atoms with Crippen molar-refractivity contribution in [3.8, 4) is 0 Å². The largest absolute Gasteiger partial charge is 0.351 e. The summed E-state index contributed by atoms with van der Waals surface area (Å²) in [4.78, 5) is 14.3. The second-order valence-corrected chi connectivity index (χ2v) is 5.59. The second-order valence-electron chi connectivity index (χ2n) is 5.59. The standard InChI is InChI=1S/C16H21NO2/c18-16(14-9-5-2-6-10-14)17-11-15(19-12-17)13-7-3-1-4-8-13/h1,3-4,7-8,14-15H,2,5-6,9-12H2. The van der Waals surface area contributed by atoms with Crippen molar-refractivity contribution >= 4 is 5.91 Å². The van der Waals surface area contributed by atoms with E-state index in [0.29, 0.717) is 19.2 Å². The average molecular weight is 259 g/mol. The maximum absolute atomic E-state index is 12.4. The number of hydrogen-bond donors (Lipinski definition) is 0. The fourth-order valence-electron chi connectivity index (χ4n) is 3.12. The summed E-state index contributed by atoms with van der Waals surface area (Å²) in [5.41, 5.74) is 1.17. The van der Waals surface area contributed by atoms with Gasteiger partial charge in [0, 0.05) is 5.92 Å². The first-order valence-corrected chi connectivity index (χ1v) is 7.30. The van der Waals surface area contributed by atoms with E-state index in [-0.39, 0.29) is 12.0 Å². The molecule has 1 amide bonds. The Labute approximate surface area is 114 Å². The first kappa shape index (κ1) is 12.7. The van der Waals surface area contributed by atoms with Crippen molar-refractivity contribution in [3.63, 3.8) is 0 Å². The number of ether oxygens (including phenoxy) is 1. The molecule has 0 spiro atoms. The Morgan fingerprint density at radius 1 is 1.11 bits per heavy atom. The summed E-state index contributed by atoms with van der Waals surface area (Å²) in [6, 6.07) is 10.2. The molecule has 1 aromatic carbocycles. The lowest BCUT2D eigenvalue weighted by molar-refractivity contribution is -0.137. The third-order valence-electron chi connectivity index (χ3n) is 4.26. The van der Waals surface area contributed by atoms with Crippen molar-refractivity contribution in [1.29, 1.82) is 0 Å². The summed E-state index contributed by atoms with van der Waals surface area (Å²) in [5, 5.41) is 0. The molecule has 0 radical (unpaired) electrons. The fourth-order valence-corrected chi connectivity index (χ4v) is 3.12. The van der Waals surface area contributed by atoms with Gasteiger partial charge in [-0.1, -0.05) is 49.6 Å². The minimum Gasteiger partial charge on any atom is -0.351 e. The maximum Gasteiger partial charge on any atom is 0.227 e. The van der Waals surface area contributed by atoms with Crippen LogP contribution in [0.5, 0.6) is 0 Å². The third-order valence-corrected chi connectivity index (χ3v) is 4.26. The van der Waals surface area contributed by atoms with Crippen molar-refractivity contribution < 1.29 is 9.53 Å². The number of carbonyl (C=O) groups is 1. The Bertz CT molecular complexity index is 426. The van der Waals surface area contributed by atoms with Crippen LogP contribution in [-0.2, 0) is 9.53 Å². The van der Waals surface area contributed by atoms with Gasteiger partial charge < -0.3 is 9.64 Å². The molecule has 0 N–H and O–H groups in total. The zero-order valence-corrected chi connectivity index (χ0v) is 11.3. The summed E-state index contributed by atoms with van der Waals surface area (Å²) >= 11 is 0. The quantitative estimate of drug-likeness (QED) is 0.816. The van der Waals surface area contributed by atoms with Gasteiger partial charge in [0.15, 0.2) is 0 Å². The second kappa shape index (κ2) is 5.74. The van der Waals surface area contributed by atoms with Crippen LogP contribution in [0.25, 0.3) is 0 Å². The number of carbonyl (C=O) groups excluding carboxylic acids is 1. The zero-order chi connectivity index (χ0) is 13.1. The maximum atomic E-state index is 12.4. The molecular formula is C16H21NO2. The predicted octanol–water partition coefficient (Wildman–Crippen LogP) is 3.12. The van der Waals surface area contributed by atoms with Crippen LogP contribution < -0.4 is 0 Å². The molecule has 2 fully saturated rings. The summed E-state index contributed by atoms with van der Waals surface area (Å²) in [6.07, 6.45) is 5.86. The van der Waals surface area contributed by atoms with Gasteiger partial charge in [0.25, 0.3) is 0 Å². The monoisotopic (exact) mass is 259 g/mol. The molecule has 2 aliphatic rings. The zero-order valence-electron chi connectivity index (χ0n) is 11.3. The summed E-state index contributed by atoms with van der Waals surface area (Å²) in [5.74, 6) is 0.546. The van der Waals surface area contributed by atoms with Crippen LogP contribution in [0.2, 0.25) is 0 Å². The van der Waals surface area contributed by atoms with E-state index in [1.165, 1.54) is 24.8 Å². The average Bonchev–Trinajstić information content (AvgIpc) is 2.98. The molecule has 1 unspecified atom stereocenters. The van der Waals surface area contributed by atoms with Crippen molar-refractivity contribution in [2.75, 3.05) is 13.3 Å². The molecule has 1 aromatic rings. The molecular weight excluding hydrogens is 238 g/mol. The highest BCUT2D eigenvalue weighted by Crippen LogP contribution is 2.29. The van der Waals surface area contributed by atoms with E-state index in [1.54, 1.807) is 0 Å². The highest BCUT2D eigenvalue weighted by molar-refractivity contribution is 5.79. The van der Waals surface area contributed by atoms with Gasteiger partial charge in [-0.15, -0.1) is 0 Å². The van der Waals surface area contributed by atoms with Crippen LogP contribution >= 0.6 is 0 Å². The van der Waals surface area contributed by atoms with E-state index in [4.69, 9.17) is 4.74 Å². The van der Waals surface area contributed by atoms with Gasteiger partial charge in [-0.05, 0) is 18.4 Å². The summed E-state index contributed by atoms with van der Waals surface area (Å²) in [7, 11) is 0. The van der Waals surface area contributed by atoms with E-state index in [0.717, 1.165) is 12.8 Å². The topological polar surface area (TPSA) is 29.5 Å². The minimum absolute atomic E-state index is 0.0498. The van der Waals surface area contributed by atoms with Crippen molar-refractivity contribution in [3.05, 3.63) is 35.9 Å². The van der Waals surface area contributed by atoms with Crippen LogP contribution in [0.1, 0.15) is 43.8 Å². The number of hydrogen-bond acceptors (Lipinski definition) is 2. The van der Waals surface area contributed by atoms with E-state index < -0.39 is 0 Å². The molecule has 1 atom stereocenters. The summed E-state index contributed by atoms with van der Waals surface area (Å²) < 4.78 is 5.77. The molecule has 1 heterocycles. The van der Waals surface area contributed by atoms with E-state index in [9.17, 15) is 4.79 Å². The molecule has 102 valence electrons. The van der Waals surface area contributed by atoms with Crippen LogP contribution in [0, 0.1) is 5.92 Å². The van der Waals surface area contributed by atoms with E-state index in [2.05, 4.69) is 12.1 Å². The molecule has 0 bridgehead atoms. The lowest BCUT2D eigenvalue weighted by Gasteiger charge is -2.25. The molecule has 3 nitrogen and oxygen atoms in total. The number of benzene rings is 1. The van der Waals surface area contributed by atoms with Gasteiger partial charge in [0.1, 0.15) is 12.8 Å². The molecule has 3 heteroatoms. The lowest BCUT2D eigenvalue weighted by atomic mass is 9.88. The SMILES string of the molecule is O=C(C1CCCCC1)N1COC(c2ccccc2)C1. The number of nitrogens with zero attached hydrogens (tertiary/aromatic N) is 1. The van der Waals surface area contributed by atoms with Crippen molar-refractivity contribution in [2.45, 2.75) is 38.2 Å². The van der Waals surface area contributed by atoms with Gasteiger partial charge in [-0.2, -0.15) is 0 Å². The molecule has 1 aliphatic heterocycles. The first-order valence-electron chi connectivity index (χ1n) is 7.30. The Balaban J connectivity index is 1.61. The van der Waals surface area contributed by atoms with Gasteiger partial charge in [0.2, 0.25) is 5.91 Å². The molecule has 1 aliphatic carbocycles. The van der Waals surface area contributed by atoms with Gasteiger partial charge in [0.05, 0.1) is 6.54 Å². The first-order chi connectivity index (χ1) is 9.34. The molecule has 1 saturated carbocycles. The predicted molar refractivity (Wildman–Crippen MR) is 73.4 cm³/mol. The minimum atomic E-state index is 0.0498. The van der Waals surface area contributed by atoms with Gasteiger partial charge in [-0.3, -0.25) is 4.79 Å². The van der Waals surface area contributed by atoms with E-state index >= 15 is 0 Å². The Morgan fingerprint density at radius 2 is 1.84 bits per heavy atom. The molecule has 3 rings (SSSR count). The lowest BCUT2D eigenvalue weighted by Crippen LogP contribution is -2.35. The van der Waals surface area contributed by atoms with Crippen LogP contribution in [0.3, 0.4) is 0 Å². The van der Waals surface area contributed by atoms with Crippen LogP contribution in [0.15, 0.2) is 30.3 Å². The smallest absolute Gasteiger partial charge is 0.227 e. The van der Waals surface area contributed by atoms with Crippen molar-refractivity contribution in [2.24, 2.45) is 5.92 Å². The van der Waals surface area contributed by atoms with Gasteiger partial charge >= 0.3 is 0 Å². The highest BCUT2D eigenvalue weighted by atomic mass is 16.5. The van der Waals surface area contributed by atoms with Crippen LogP contribution in [-0.4, -0.2) is 24.1 Å². The Hall–Kier alpha value is -1.35. The molecule has 1 saturated heterocycles. The summed E-state index contributed by atoms with van der Waals surface area (Å²) in [6.45, 7) is 1.16. The normalized spacial score (nSPS) is 24.6. The Kier molecular flexibility index (Phi) is 3.83. The number of rotatable bonds is 2. The van der Waals surface area contributed by atoms with Crippen LogP contribution in [0.4, 0.5) is 0 Å². The number of amides is 1. The highest BCUT2D eigenvalue weighted by Gasteiger charge is 2.32.